The van der Waals surface area contributed by atoms with Gasteiger partial charge in [0.25, 0.3) is 0 Å². The van der Waals surface area contributed by atoms with E-state index < -0.39 is 0 Å². The smallest absolute Gasteiger partial charge is 0.123 e. The van der Waals surface area contributed by atoms with Crippen LogP contribution in [-0.2, 0) is 13.1 Å². The lowest BCUT2D eigenvalue weighted by Gasteiger charge is -2.15. The number of hydrogen-bond donors (Lipinski definition) is 0. The van der Waals surface area contributed by atoms with Crippen molar-refractivity contribution in [2.24, 2.45) is 0 Å². The third kappa shape index (κ3) is 3.85. The van der Waals surface area contributed by atoms with Gasteiger partial charge < -0.3 is 4.57 Å². The number of imidazole rings is 1. The molecule has 0 saturated carbocycles. The summed E-state index contributed by atoms with van der Waals surface area (Å²) in [6.07, 6.45) is 5.67. The van der Waals surface area contributed by atoms with Crippen molar-refractivity contribution in [1.82, 2.24) is 14.5 Å². The van der Waals surface area contributed by atoms with Crippen molar-refractivity contribution in [2.45, 2.75) is 13.1 Å². The molecule has 0 unspecified atom stereocenters. The SMILES string of the molecule is C=CCN(C)Cc1nccn1Cc1ccc(Cl)c(Cl)c1. The van der Waals surface area contributed by atoms with E-state index in [-0.39, 0.29) is 0 Å². The largest absolute Gasteiger partial charge is 0.329 e. The number of benzene rings is 1. The van der Waals surface area contributed by atoms with Crippen molar-refractivity contribution < 1.29 is 0 Å². The maximum atomic E-state index is 6.04. The van der Waals surface area contributed by atoms with Crippen molar-refractivity contribution >= 4 is 23.2 Å². The van der Waals surface area contributed by atoms with Gasteiger partial charge >= 0.3 is 0 Å². The summed E-state index contributed by atoms with van der Waals surface area (Å²) in [6, 6.07) is 5.69. The van der Waals surface area contributed by atoms with Gasteiger partial charge in [0.2, 0.25) is 0 Å². The van der Waals surface area contributed by atoms with Crippen LogP contribution in [0.5, 0.6) is 0 Å². The maximum Gasteiger partial charge on any atom is 0.123 e. The molecule has 0 bridgehead atoms. The highest BCUT2D eigenvalue weighted by Crippen LogP contribution is 2.23. The first-order valence-corrected chi connectivity index (χ1v) is 7.09. The van der Waals surface area contributed by atoms with E-state index >= 15 is 0 Å². The maximum absolute atomic E-state index is 6.04. The van der Waals surface area contributed by atoms with Gasteiger partial charge in [-0.15, -0.1) is 6.58 Å². The fourth-order valence-electron chi connectivity index (χ4n) is 2.00. The van der Waals surface area contributed by atoms with Gasteiger partial charge in [-0.25, -0.2) is 4.98 Å². The predicted molar refractivity (Wildman–Crippen MR) is 84.3 cm³/mol. The molecule has 0 N–H and O–H groups in total. The summed E-state index contributed by atoms with van der Waals surface area (Å²) in [7, 11) is 2.04. The summed E-state index contributed by atoms with van der Waals surface area (Å²) >= 11 is 12.0. The Morgan fingerprint density at radius 1 is 1.35 bits per heavy atom. The molecule has 1 heterocycles. The van der Waals surface area contributed by atoms with Gasteiger partial charge in [0.05, 0.1) is 16.6 Å². The first-order valence-electron chi connectivity index (χ1n) is 6.33. The Hall–Kier alpha value is -1.29. The molecule has 0 aliphatic rings. The Bertz CT molecular complexity index is 593. The van der Waals surface area contributed by atoms with Crippen LogP contribution in [0.3, 0.4) is 0 Å². The van der Waals surface area contributed by atoms with Gasteiger partial charge in [0.1, 0.15) is 5.82 Å². The van der Waals surface area contributed by atoms with Crippen LogP contribution >= 0.6 is 23.2 Å². The first kappa shape index (κ1) is 15.1. The Balaban J connectivity index is 2.11. The minimum Gasteiger partial charge on any atom is -0.329 e. The third-order valence-electron chi connectivity index (χ3n) is 2.99. The molecule has 0 saturated heterocycles. The number of aromatic nitrogens is 2. The minimum absolute atomic E-state index is 0.576. The molecular formula is C15H17Cl2N3. The van der Waals surface area contributed by atoms with Crippen molar-refractivity contribution in [1.29, 1.82) is 0 Å². The molecule has 0 amide bonds. The second kappa shape index (κ2) is 6.93. The highest BCUT2D eigenvalue weighted by atomic mass is 35.5. The second-order valence-electron chi connectivity index (χ2n) is 4.71. The van der Waals surface area contributed by atoms with E-state index in [4.69, 9.17) is 23.2 Å². The van der Waals surface area contributed by atoms with E-state index in [1.54, 1.807) is 0 Å². The van der Waals surface area contributed by atoms with Crippen LogP contribution in [0.2, 0.25) is 10.0 Å². The molecular weight excluding hydrogens is 293 g/mol. The molecule has 5 heteroatoms. The molecule has 0 aliphatic carbocycles. The zero-order valence-electron chi connectivity index (χ0n) is 11.4. The van der Waals surface area contributed by atoms with E-state index in [1.165, 1.54) is 0 Å². The average Bonchev–Trinajstić information content (AvgIpc) is 2.81. The molecule has 106 valence electrons. The van der Waals surface area contributed by atoms with Crippen LogP contribution in [-0.4, -0.2) is 28.0 Å². The molecule has 0 radical (unpaired) electrons. The van der Waals surface area contributed by atoms with E-state index in [9.17, 15) is 0 Å². The lowest BCUT2D eigenvalue weighted by Crippen LogP contribution is -2.20. The summed E-state index contributed by atoms with van der Waals surface area (Å²) in [4.78, 5) is 6.56. The Kier molecular flexibility index (Phi) is 5.24. The highest BCUT2D eigenvalue weighted by molar-refractivity contribution is 6.42. The lowest BCUT2D eigenvalue weighted by atomic mass is 10.2. The standard InChI is InChI=1S/C15H17Cl2N3/c1-3-7-19(2)11-15-18-6-8-20(15)10-12-4-5-13(16)14(17)9-12/h3-6,8-9H,1,7,10-11H2,2H3. The fourth-order valence-corrected chi connectivity index (χ4v) is 2.32. The molecule has 0 atom stereocenters. The van der Waals surface area contributed by atoms with Crippen LogP contribution in [0.4, 0.5) is 0 Å². The van der Waals surface area contributed by atoms with Crippen molar-refractivity contribution in [3.63, 3.8) is 0 Å². The molecule has 1 aromatic carbocycles. The van der Waals surface area contributed by atoms with Gasteiger partial charge in [0.15, 0.2) is 0 Å². The Labute approximate surface area is 129 Å². The van der Waals surface area contributed by atoms with Gasteiger partial charge in [-0.2, -0.15) is 0 Å². The van der Waals surface area contributed by atoms with Crippen LogP contribution in [0.25, 0.3) is 0 Å². The van der Waals surface area contributed by atoms with Gasteiger partial charge in [-0.1, -0.05) is 35.3 Å². The molecule has 0 aliphatic heterocycles. The lowest BCUT2D eigenvalue weighted by molar-refractivity contribution is 0.347. The molecule has 2 rings (SSSR count). The molecule has 0 spiro atoms. The number of hydrogen-bond acceptors (Lipinski definition) is 2. The van der Waals surface area contributed by atoms with Crippen molar-refractivity contribution in [3.8, 4) is 0 Å². The summed E-state index contributed by atoms with van der Waals surface area (Å²) in [6.45, 7) is 6.08. The zero-order valence-corrected chi connectivity index (χ0v) is 12.9. The van der Waals surface area contributed by atoms with Crippen molar-refractivity contribution in [2.75, 3.05) is 13.6 Å². The Morgan fingerprint density at radius 2 is 2.15 bits per heavy atom. The third-order valence-corrected chi connectivity index (χ3v) is 3.73. The van der Waals surface area contributed by atoms with E-state index in [0.29, 0.717) is 10.0 Å². The molecule has 2 aromatic rings. The van der Waals surface area contributed by atoms with Crippen LogP contribution in [0.1, 0.15) is 11.4 Å². The summed E-state index contributed by atoms with van der Waals surface area (Å²) < 4.78 is 2.11. The summed E-state index contributed by atoms with van der Waals surface area (Å²) in [5, 5.41) is 1.15. The molecule has 20 heavy (non-hydrogen) atoms. The van der Waals surface area contributed by atoms with E-state index in [0.717, 1.165) is 31.0 Å². The van der Waals surface area contributed by atoms with E-state index in [1.807, 2.05) is 43.7 Å². The summed E-state index contributed by atoms with van der Waals surface area (Å²) in [5.74, 6) is 1.01. The second-order valence-corrected chi connectivity index (χ2v) is 5.52. The molecule has 3 nitrogen and oxygen atoms in total. The number of rotatable bonds is 6. The van der Waals surface area contributed by atoms with Gasteiger partial charge in [-0.3, -0.25) is 4.90 Å². The fraction of sp³-hybridized carbons (Fsp3) is 0.267. The topological polar surface area (TPSA) is 21.1 Å². The zero-order chi connectivity index (χ0) is 14.5. The normalized spacial score (nSPS) is 11.0. The summed E-state index contributed by atoms with van der Waals surface area (Å²) in [5.41, 5.74) is 1.10. The van der Waals surface area contributed by atoms with Crippen LogP contribution < -0.4 is 0 Å². The van der Waals surface area contributed by atoms with Crippen molar-refractivity contribution in [3.05, 3.63) is 64.7 Å². The monoisotopic (exact) mass is 309 g/mol. The predicted octanol–water partition coefficient (Wildman–Crippen LogP) is 3.86. The van der Waals surface area contributed by atoms with Gasteiger partial charge in [-0.05, 0) is 24.7 Å². The van der Waals surface area contributed by atoms with E-state index in [2.05, 4.69) is 21.0 Å². The average molecular weight is 310 g/mol. The minimum atomic E-state index is 0.576. The quantitative estimate of drug-likeness (QED) is 0.756. The number of nitrogens with zero attached hydrogens (tertiary/aromatic N) is 3. The Morgan fingerprint density at radius 3 is 2.85 bits per heavy atom. The van der Waals surface area contributed by atoms with Crippen LogP contribution in [0, 0.1) is 0 Å². The van der Waals surface area contributed by atoms with Crippen LogP contribution in [0.15, 0.2) is 43.2 Å². The van der Waals surface area contributed by atoms with Gasteiger partial charge in [0, 0.05) is 25.5 Å². The molecule has 1 aromatic heterocycles. The molecule has 0 fully saturated rings. The highest BCUT2D eigenvalue weighted by Gasteiger charge is 2.07. The number of likely N-dealkylation sites (N-methyl/N-ethyl adjacent to an activating group) is 1. The first-order chi connectivity index (χ1) is 9.60. The number of halogens is 2.